The molecule has 1 atom stereocenters. The van der Waals surface area contributed by atoms with Gasteiger partial charge < -0.3 is 4.90 Å². The fraction of sp³-hybridized carbons (Fsp3) is 1.00. The van der Waals surface area contributed by atoms with E-state index < -0.39 is 15.6 Å². The van der Waals surface area contributed by atoms with Gasteiger partial charge in [0.1, 0.15) is 0 Å². The molecule has 1 aliphatic rings. The van der Waals surface area contributed by atoms with Crippen molar-refractivity contribution in [1.29, 1.82) is 0 Å². The standard InChI is InChI=1S/C12H25N.CHF3O3S/c1-3-5-8-12-9-7-11-13(12)10-6-4-2;2-1(3,4)8(5,6)7/h12H,3-11H2,1-2H3;(H,5,6,7). The average molecular weight is 333 g/mol. The van der Waals surface area contributed by atoms with E-state index in [1.807, 2.05) is 0 Å². The maximum Gasteiger partial charge on any atom is 0.522 e. The van der Waals surface area contributed by atoms with E-state index in [0.29, 0.717) is 0 Å². The Kier molecular flexibility index (Phi) is 9.48. The first-order valence-electron chi connectivity index (χ1n) is 7.41. The highest BCUT2D eigenvalue weighted by Gasteiger charge is 2.44. The van der Waals surface area contributed by atoms with Crippen molar-refractivity contribution >= 4 is 10.1 Å². The summed E-state index contributed by atoms with van der Waals surface area (Å²) in [4.78, 5) is 2.72. The van der Waals surface area contributed by atoms with E-state index in [-0.39, 0.29) is 0 Å². The summed E-state index contributed by atoms with van der Waals surface area (Å²) in [6.07, 6.45) is 9.87. The zero-order valence-corrected chi connectivity index (χ0v) is 13.5. The number of nitrogens with zero attached hydrogens (tertiary/aromatic N) is 1. The van der Waals surface area contributed by atoms with Gasteiger partial charge in [0.25, 0.3) is 0 Å². The molecule has 128 valence electrons. The minimum Gasteiger partial charge on any atom is -0.300 e. The Balaban J connectivity index is 0.000000433. The van der Waals surface area contributed by atoms with E-state index in [1.54, 1.807) is 0 Å². The minimum absolute atomic E-state index is 0.937. The molecule has 4 nitrogen and oxygen atoms in total. The zero-order valence-electron chi connectivity index (χ0n) is 12.7. The molecule has 0 radical (unpaired) electrons. The largest absolute Gasteiger partial charge is 0.522 e. The molecule has 1 unspecified atom stereocenters. The second-order valence-electron chi connectivity index (χ2n) is 5.25. The van der Waals surface area contributed by atoms with E-state index in [1.165, 1.54) is 58.0 Å². The van der Waals surface area contributed by atoms with Crippen LogP contribution in [0.5, 0.6) is 0 Å². The van der Waals surface area contributed by atoms with Crippen molar-refractivity contribution in [3.8, 4) is 0 Å². The first kappa shape index (κ1) is 20.7. The molecule has 21 heavy (non-hydrogen) atoms. The molecule has 1 N–H and O–H groups in total. The Morgan fingerprint density at radius 1 is 1.19 bits per heavy atom. The molecule has 1 saturated heterocycles. The van der Waals surface area contributed by atoms with Crippen LogP contribution in [0.1, 0.15) is 58.8 Å². The summed E-state index contributed by atoms with van der Waals surface area (Å²) in [5.74, 6) is 0. The summed E-state index contributed by atoms with van der Waals surface area (Å²) < 4.78 is 57.5. The van der Waals surface area contributed by atoms with Gasteiger partial charge in [-0.1, -0.05) is 33.1 Å². The predicted octanol–water partition coefficient (Wildman–Crippen LogP) is 3.84. The van der Waals surface area contributed by atoms with E-state index in [0.717, 1.165) is 6.04 Å². The predicted molar refractivity (Wildman–Crippen MR) is 76.6 cm³/mol. The second-order valence-corrected chi connectivity index (χ2v) is 6.66. The topological polar surface area (TPSA) is 57.6 Å². The Morgan fingerprint density at radius 3 is 2.14 bits per heavy atom. The summed E-state index contributed by atoms with van der Waals surface area (Å²) >= 11 is 0. The maximum atomic E-state index is 10.7. The molecule has 0 aromatic heterocycles. The SMILES string of the molecule is CCCCC1CCCN1CCCC.O=S(=O)(O)C(F)(F)F. The summed E-state index contributed by atoms with van der Waals surface area (Å²) in [6, 6.07) is 0.937. The van der Waals surface area contributed by atoms with E-state index in [9.17, 15) is 13.2 Å². The van der Waals surface area contributed by atoms with E-state index in [4.69, 9.17) is 13.0 Å². The fourth-order valence-electron chi connectivity index (χ4n) is 2.32. The normalized spacial score (nSPS) is 20.2. The van der Waals surface area contributed by atoms with Gasteiger partial charge in [-0.05, 0) is 38.8 Å². The van der Waals surface area contributed by atoms with Crippen LogP contribution in [0.15, 0.2) is 0 Å². The van der Waals surface area contributed by atoms with E-state index in [2.05, 4.69) is 18.7 Å². The quantitative estimate of drug-likeness (QED) is 0.593. The van der Waals surface area contributed by atoms with E-state index >= 15 is 0 Å². The molecule has 0 aromatic carbocycles. The summed E-state index contributed by atoms with van der Waals surface area (Å²) in [7, 11) is -5.84. The molecule has 1 rings (SSSR count). The van der Waals surface area contributed by atoms with Crippen molar-refractivity contribution in [1.82, 2.24) is 4.90 Å². The Hall–Kier alpha value is -0.340. The van der Waals surface area contributed by atoms with Gasteiger partial charge in [-0.25, -0.2) is 0 Å². The van der Waals surface area contributed by atoms with Crippen molar-refractivity contribution < 1.29 is 26.1 Å². The Morgan fingerprint density at radius 2 is 1.71 bits per heavy atom. The van der Waals surface area contributed by atoms with Gasteiger partial charge in [0.15, 0.2) is 0 Å². The van der Waals surface area contributed by atoms with Gasteiger partial charge in [0.05, 0.1) is 0 Å². The fourth-order valence-corrected chi connectivity index (χ4v) is 2.32. The van der Waals surface area contributed by atoms with Crippen LogP contribution in [0.2, 0.25) is 0 Å². The first-order valence-corrected chi connectivity index (χ1v) is 8.85. The molecule has 0 amide bonds. The highest BCUT2D eigenvalue weighted by atomic mass is 32.2. The van der Waals surface area contributed by atoms with Gasteiger partial charge in [0, 0.05) is 6.04 Å². The van der Waals surface area contributed by atoms with Crippen molar-refractivity contribution in [2.24, 2.45) is 0 Å². The minimum atomic E-state index is -5.84. The van der Waals surface area contributed by atoms with Gasteiger partial charge in [-0.3, -0.25) is 4.55 Å². The highest BCUT2D eigenvalue weighted by molar-refractivity contribution is 7.86. The van der Waals surface area contributed by atoms with Crippen LogP contribution in [0.4, 0.5) is 13.2 Å². The third kappa shape index (κ3) is 8.63. The second kappa shape index (κ2) is 9.63. The molecule has 0 aromatic rings. The van der Waals surface area contributed by atoms with Crippen molar-refractivity contribution in [2.45, 2.75) is 70.3 Å². The lowest BCUT2D eigenvalue weighted by atomic mass is 10.1. The third-order valence-electron chi connectivity index (χ3n) is 3.48. The molecule has 8 heteroatoms. The monoisotopic (exact) mass is 333 g/mol. The number of hydrogen-bond acceptors (Lipinski definition) is 3. The first-order chi connectivity index (χ1) is 9.63. The van der Waals surface area contributed by atoms with Gasteiger partial charge in [0.2, 0.25) is 0 Å². The molecule has 0 spiro atoms. The number of hydrogen-bond donors (Lipinski definition) is 1. The molecule has 1 fully saturated rings. The average Bonchev–Trinajstić information content (AvgIpc) is 2.79. The smallest absolute Gasteiger partial charge is 0.300 e. The molecule has 0 bridgehead atoms. The van der Waals surface area contributed by atoms with Crippen LogP contribution in [0.3, 0.4) is 0 Å². The lowest BCUT2D eigenvalue weighted by Crippen LogP contribution is -2.30. The van der Waals surface area contributed by atoms with Crippen LogP contribution >= 0.6 is 0 Å². The van der Waals surface area contributed by atoms with Crippen LogP contribution < -0.4 is 0 Å². The van der Waals surface area contributed by atoms with Crippen LogP contribution in [-0.4, -0.2) is 42.5 Å². The number of likely N-dealkylation sites (tertiary alicyclic amines) is 1. The number of halogens is 3. The van der Waals surface area contributed by atoms with Gasteiger partial charge >= 0.3 is 15.6 Å². The molecule has 0 saturated carbocycles. The summed E-state index contributed by atoms with van der Waals surface area (Å²) in [5.41, 5.74) is -5.53. The Labute approximate surface area is 125 Å². The molecule has 1 heterocycles. The third-order valence-corrected chi connectivity index (χ3v) is 4.07. The zero-order chi connectivity index (χ0) is 16.5. The lowest BCUT2D eigenvalue weighted by Gasteiger charge is -2.23. The van der Waals surface area contributed by atoms with Crippen molar-refractivity contribution in [2.75, 3.05) is 13.1 Å². The Bertz CT molecular complexity index is 357. The van der Waals surface area contributed by atoms with Crippen molar-refractivity contribution in [3.05, 3.63) is 0 Å². The number of rotatable bonds is 6. The summed E-state index contributed by atoms with van der Waals surface area (Å²) in [5, 5.41) is 0. The van der Waals surface area contributed by atoms with Crippen LogP contribution in [0, 0.1) is 0 Å². The number of alkyl halides is 3. The van der Waals surface area contributed by atoms with Crippen LogP contribution in [0.25, 0.3) is 0 Å². The number of unbranched alkanes of at least 4 members (excludes halogenated alkanes) is 2. The van der Waals surface area contributed by atoms with Crippen molar-refractivity contribution in [3.63, 3.8) is 0 Å². The molecule has 1 aliphatic heterocycles. The summed E-state index contributed by atoms with van der Waals surface area (Å²) in [6.45, 7) is 7.31. The molecule has 0 aliphatic carbocycles. The molecular formula is C13H26F3NO3S. The lowest BCUT2D eigenvalue weighted by molar-refractivity contribution is -0.0510. The van der Waals surface area contributed by atoms with Gasteiger partial charge in [-0.2, -0.15) is 21.6 Å². The molecular weight excluding hydrogens is 307 g/mol. The van der Waals surface area contributed by atoms with Gasteiger partial charge in [-0.15, -0.1) is 0 Å². The van der Waals surface area contributed by atoms with Crippen LogP contribution in [-0.2, 0) is 10.1 Å². The maximum absolute atomic E-state index is 10.7. The highest BCUT2D eigenvalue weighted by Crippen LogP contribution is 2.22.